The maximum absolute atomic E-state index is 9.07. The van der Waals surface area contributed by atoms with E-state index in [0.717, 1.165) is 21.5 Å². The average Bonchev–Trinajstić information content (AvgIpc) is 3.04. The van der Waals surface area contributed by atoms with Crippen LogP contribution in [0.2, 0.25) is 5.02 Å². The number of hydrogen-bond donors (Lipinski definition) is 0. The minimum Gasteiger partial charge on any atom is -0.208 e. The number of benzene rings is 6. The van der Waals surface area contributed by atoms with Crippen LogP contribution in [0.1, 0.15) is 9.60 Å². The highest BCUT2D eigenvalue weighted by molar-refractivity contribution is 6.30. The zero-order valence-electron chi connectivity index (χ0n) is 26.2. The summed E-state index contributed by atoms with van der Waals surface area (Å²) in [7, 11) is 0. The number of nitrogens with zero attached hydrogens (tertiary/aromatic N) is 3. The van der Waals surface area contributed by atoms with Gasteiger partial charge in [-0.05, 0) is 56.6 Å². The highest BCUT2D eigenvalue weighted by Crippen LogP contribution is 2.35. The second-order valence-electron chi connectivity index (χ2n) is 8.51. The maximum Gasteiger partial charge on any atom is 0.164 e. The molecule has 3 nitrogen and oxygen atoms in total. The molecule has 0 spiro atoms. The second-order valence-corrected chi connectivity index (χ2v) is 8.94. The van der Waals surface area contributed by atoms with Crippen molar-refractivity contribution in [1.29, 1.82) is 0 Å². The first-order valence-corrected chi connectivity index (χ1v) is 12.0. The summed E-state index contributed by atoms with van der Waals surface area (Å²) >= 11 is 6.32. The summed E-state index contributed by atoms with van der Waals surface area (Å²) in [5, 5.41) is 3.98. The van der Waals surface area contributed by atoms with Gasteiger partial charge in [-0.25, -0.2) is 15.0 Å². The predicted octanol–water partition coefficient (Wildman–Crippen LogP) is 8.99. The predicted molar refractivity (Wildman–Crippen MR) is 154 cm³/mol. The minimum atomic E-state index is -0.531. The van der Waals surface area contributed by atoms with E-state index in [-0.39, 0.29) is 39.9 Å². The highest BCUT2D eigenvalue weighted by atomic mass is 35.5. The van der Waals surface area contributed by atoms with Crippen molar-refractivity contribution in [2.45, 2.75) is 0 Å². The molecule has 0 N–H and O–H groups in total. The normalized spacial score (nSPS) is 14.0. The number of aromatic nitrogens is 3. The van der Waals surface area contributed by atoms with Crippen molar-refractivity contribution in [3.05, 3.63) is 126 Å². The fourth-order valence-corrected chi connectivity index (χ4v) is 4.69. The van der Waals surface area contributed by atoms with Gasteiger partial charge in [0.2, 0.25) is 0 Å². The van der Waals surface area contributed by atoms with Gasteiger partial charge in [-0.1, -0.05) is 109 Å². The van der Waals surface area contributed by atoms with Crippen molar-refractivity contribution >= 4 is 43.9 Å². The quantitative estimate of drug-likeness (QED) is 0.227. The van der Waals surface area contributed by atoms with Crippen molar-refractivity contribution in [2.24, 2.45) is 0 Å². The fraction of sp³-hybridized carbons (Fsp3) is 0. The van der Waals surface area contributed by atoms with E-state index in [9.17, 15) is 0 Å². The summed E-state index contributed by atoms with van der Waals surface area (Å²) in [5.74, 6) is 0.428. The van der Waals surface area contributed by atoms with Gasteiger partial charge in [0.05, 0.1) is 9.60 Å². The first kappa shape index (κ1) is 15.5. The van der Waals surface area contributed by atoms with Crippen molar-refractivity contribution in [1.82, 2.24) is 15.0 Å². The van der Waals surface area contributed by atoms with Crippen LogP contribution in [0.25, 0.3) is 66.5 Å². The highest BCUT2D eigenvalue weighted by Gasteiger charge is 2.16. The molecule has 7 rings (SSSR count). The maximum atomic E-state index is 9.07. The van der Waals surface area contributed by atoms with Crippen LogP contribution in [-0.2, 0) is 0 Å². The van der Waals surface area contributed by atoms with Gasteiger partial charge in [-0.15, -0.1) is 0 Å². The van der Waals surface area contributed by atoms with E-state index >= 15 is 0 Å². The Morgan fingerprint density at radius 2 is 1.24 bits per heavy atom. The smallest absolute Gasteiger partial charge is 0.164 e. The molecule has 0 aliphatic carbocycles. The lowest BCUT2D eigenvalue weighted by Gasteiger charge is -2.12. The zero-order valence-corrected chi connectivity index (χ0v) is 20.0. The molecule has 1 heterocycles. The van der Waals surface area contributed by atoms with Crippen molar-refractivity contribution in [2.75, 3.05) is 0 Å². The lowest BCUT2D eigenvalue weighted by Crippen LogP contribution is -2.01. The number of hydrogen-bond acceptors (Lipinski definition) is 3. The first-order chi connectivity index (χ1) is 21.2. The molecular formula is C33H20ClN3. The Bertz CT molecular complexity index is 2340. The Hall–Kier alpha value is -4.60. The Morgan fingerprint density at radius 3 is 2.08 bits per heavy atom. The third kappa shape index (κ3) is 3.90. The molecule has 0 radical (unpaired) electrons. The van der Waals surface area contributed by atoms with Gasteiger partial charge in [0.15, 0.2) is 17.5 Å². The summed E-state index contributed by atoms with van der Waals surface area (Å²) in [6, 6.07) is 21.5. The second kappa shape index (κ2) is 8.81. The summed E-state index contributed by atoms with van der Waals surface area (Å²) in [5.41, 5.74) is 1.13. The molecule has 0 amide bonds. The van der Waals surface area contributed by atoms with Gasteiger partial charge in [0, 0.05) is 21.7 Å². The van der Waals surface area contributed by atoms with Crippen LogP contribution < -0.4 is 0 Å². The number of halogens is 1. The lowest BCUT2D eigenvalue weighted by molar-refractivity contribution is 1.08. The zero-order chi connectivity index (χ0) is 30.9. The summed E-state index contributed by atoms with van der Waals surface area (Å²) < 4.78 is 59.8. The largest absolute Gasteiger partial charge is 0.208 e. The van der Waals surface area contributed by atoms with Gasteiger partial charge < -0.3 is 0 Å². The first-order valence-electron chi connectivity index (χ1n) is 15.1. The molecule has 0 saturated carbocycles. The SMILES string of the molecule is [2H]c1c([2H])c([2H])c2c([2H])c(-c3nc(-c4cccc(Cl)c4)nc(-c4cc5ccccc5c5ccccc45)n3)c([2H])c([2H])c2c1[2H]. The monoisotopic (exact) mass is 500 g/mol. The van der Waals surface area contributed by atoms with Gasteiger partial charge in [0.1, 0.15) is 0 Å². The molecule has 0 fully saturated rings. The number of fused-ring (bicyclic) bond motifs is 4. The van der Waals surface area contributed by atoms with Gasteiger partial charge >= 0.3 is 0 Å². The molecule has 0 aliphatic rings. The molecular weight excluding hydrogens is 474 g/mol. The van der Waals surface area contributed by atoms with Crippen LogP contribution in [0.4, 0.5) is 0 Å². The molecule has 0 aliphatic heterocycles. The molecule has 0 unspecified atom stereocenters. The molecule has 37 heavy (non-hydrogen) atoms. The Balaban J connectivity index is 1.60. The third-order valence-corrected chi connectivity index (χ3v) is 6.44. The average molecular weight is 501 g/mol. The molecule has 4 heteroatoms. The molecule has 0 bridgehead atoms. The molecule has 6 aromatic carbocycles. The number of rotatable bonds is 3. The van der Waals surface area contributed by atoms with Crippen molar-refractivity contribution < 1.29 is 9.60 Å². The molecule has 7 aromatic rings. The Kier molecular flexibility index (Phi) is 3.69. The summed E-state index contributed by atoms with van der Waals surface area (Å²) in [6.45, 7) is 0. The summed E-state index contributed by atoms with van der Waals surface area (Å²) in [4.78, 5) is 14.2. The van der Waals surface area contributed by atoms with Crippen LogP contribution in [0, 0.1) is 0 Å². The van der Waals surface area contributed by atoms with Crippen LogP contribution in [-0.4, -0.2) is 15.0 Å². The third-order valence-electron chi connectivity index (χ3n) is 6.20. The lowest BCUT2D eigenvalue weighted by atomic mass is 9.97. The van der Waals surface area contributed by atoms with Gasteiger partial charge in [-0.2, -0.15) is 0 Å². The Morgan fingerprint density at radius 1 is 0.541 bits per heavy atom. The minimum absolute atomic E-state index is 0.0694. The fourth-order valence-electron chi connectivity index (χ4n) is 4.50. The molecule has 0 saturated heterocycles. The molecule has 0 atom stereocenters. The topological polar surface area (TPSA) is 38.7 Å². The summed E-state index contributed by atoms with van der Waals surface area (Å²) in [6.07, 6.45) is 0. The van der Waals surface area contributed by atoms with Crippen molar-refractivity contribution in [3.63, 3.8) is 0 Å². The standard InChI is InChI=1S/C33H20ClN3/c34-26-12-7-11-24(19-26)31-35-32(25-17-16-21-8-1-2-9-22(21)18-25)37-33(36-31)30-20-23-10-3-4-13-27(23)28-14-5-6-15-29(28)30/h1-20H/i1D,2D,8D,9D,16D,17D,18D. The van der Waals surface area contributed by atoms with Gasteiger partial charge in [0.25, 0.3) is 0 Å². The molecule has 174 valence electrons. The van der Waals surface area contributed by atoms with E-state index in [0.29, 0.717) is 16.1 Å². The van der Waals surface area contributed by atoms with Crippen LogP contribution in [0.5, 0.6) is 0 Å². The van der Waals surface area contributed by atoms with Crippen LogP contribution in [0.15, 0.2) is 121 Å². The van der Waals surface area contributed by atoms with E-state index in [2.05, 4.69) is 4.98 Å². The van der Waals surface area contributed by atoms with Crippen molar-refractivity contribution in [3.8, 4) is 34.2 Å². The van der Waals surface area contributed by atoms with E-state index in [1.807, 2.05) is 54.6 Å². The van der Waals surface area contributed by atoms with Gasteiger partial charge in [-0.3, -0.25) is 0 Å². The molecule has 1 aromatic heterocycles. The van der Waals surface area contributed by atoms with Crippen LogP contribution in [0.3, 0.4) is 0 Å². The van der Waals surface area contributed by atoms with E-state index in [1.165, 1.54) is 0 Å². The Labute approximate surface area is 228 Å². The van der Waals surface area contributed by atoms with E-state index in [4.69, 9.17) is 31.2 Å². The van der Waals surface area contributed by atoms with Crippen LogP contribution >= 0.6 is 11.6 Å². The van der Waals surface area contributed by atoms with E-state index in [1.54, 1.807) is 24.3 Å². The van der Waals surface area contributed by atoms with E-state index < -0.39 is 36.3 Å².